The Bertz CT molecular complexity index is 476. The van der Waals surface area contributed by atoms with Gasteiger partial charge < -0.3 is 14.8 Å². The van der Waals surface area contributed by atoms with Crippen LogP contribution in [-0.4, -0.2) is 32.1 Å². The third kappa shape index (κ3) is 5.48. The molecule has 1 aromatic rings. The first-order valence-corrected chi connectivity index (χ1v) is 6.69. The van der Waals surface area contributed by atoms with Crippen LogP contribution in [0.5, 0.6) is 5.75 Å². The van der Waals surface area contributed by atoms with E-state index in [9.17, 15) is 9.59 Å². The molecule has 0 aromatic heterocycles. The smallest absolute Gasteiger partial charge is 0.325 e. The summed E-state index contributed by atoms with van der Waals surface area (Å²) in [4.78, 5) is 22.6. The maximum absolute atomic E-state index is 11.6. The summed E-state index contributed by atoms with van der Waals surface area (Å²) in [5.41, 5.74) is 0.932. The Hall–Kier alpha value is -1.75. The van der Waals surface area contributed by atoms with Crippen LogP contribution >= 0.6 is 11.6 Å². The van der Waals surface area contributed by atoms with E-state index in [0.29, 0.717) is 23.8 Å². The molecule has 1 amide bonds. The van der Waals surface area contributed by atoms with Crippen LogP contribution in [-0.2, 0) is 20.7 Å². The normalized spacial score (nSPS) is 9.95. The second-order valence-corrected chi connectivity index (χ2v) is 4.46. The molecule has 0 saturated heterocycles. The Morgan fingerprint density at radius 1 is 1.35 bits per heavy atom. The molecule has 5 nitrogen and oxygen atoms in total. The third-order valence-electron chi connectivity index (χ3n) is 2.59. The second kappa shape index (κ2) is 8.43. The fraction of sp³-hybridized carbons (Fsp3) is 0.429. The molecule has 0 aliphatic rings. The summed E-state index contributed by atoms with van der Waals surface area (Å²) in [6.07, 6.45) is 0.820. The van der Waals surface area contributed by atoms with Gasteiger partial charge in [-0.15, -0.1) is 0 Å². The van der Waals surface area contributed by atoms with Gasteiger partial charge in [-0.05, 0) is 31.0 Å². The van der Waals surface area contributed by atoms with E-state index >= 15 is 0 Å². The van der Waals surface area contributed by atoms with E-state index in [1.54, 1.807) is 26.2 Å². The summed E-state index contributed by atoms with van der Waals surface area (Å²) < 4.78 is 9.76. The molecule has 0 fully saturated rings. The topological polar surface area (TPSA) is 64.6 Å². The fourth-order valence-electron chi connectivity index (χ4n) is 1.59. The Kier molecular flexibility index (Phi) is 6.87. The standard InChI is InChI=1S/C14H18ClNO4/c1-3-20-14(18)9-16-13(17)7-5-10-4-6-12(19-2)11(15)8-10/h4,6,8H,3,5,7,9H2,1-2H3,(H,16,17). The van der Waals surface area contributed by atoms with Crippen molar-refractivity contribution in [1.82, 2.24) is 5.32 Å². The number of halogens is 1. The van der Waals surface area contributed by atoms with Gasteiger partial charge in [0.05, 0.1) is 18.7 Å². The lowest BCUT2D eigenvalue weighted by Crippen LogP contribution is -2.30. The van der Waals surface area contributed by atoms with E-state index in [-0.39, 0.29) is 18.9 Å². The lowest BCUT2D eigenvalue weighted by Gasteiger charge is -2.07. The molecule has 0 heterocycles. The number of nitrogens with one attached hydrogen (secondary N) is 1. The number of ether oxygens (including phenoxy) is 2. The van der Waals surface area contributed by atoms with Gasteiger partial charge in [0.25, 0.3) is 0 Å². The number of esters is 1. The maximum atomic E-state index is 11.6. The Balaban J connectivity index is 2.37. The lowest BCUT2D eigenvalue weighted by molar-refractivity contribution is -0.143. The second-order valence-electron chi connectivity index (χ2n) is 4.05. The Morgan fingerprint density at radius 3 is 2.70 bits per heavy atom. The van der Waals surface area contributed by atoms with Gasteiger partial charge in [0.2, 0.25) is 5.91 Å². The average Bonchev–Trinajstić information content (AvgIpc) is 2.43. The quantitative estimate of drug-likeness (QED) is 0.782. The van der Waals surface area contributed by atoms with Crippen molar-refractivity contribution in [2.75, 3.05) is 20.3 Å². The van der Waals surface area contributed by atoms with Gasteiger partial charge >= 0.3 is 5.97 Å². The zero-order valence-electron chi connectivity index (χ0n) is 11.6. The van der Waals surface area contributed by atoms with Crippen molar-refractivity contribution in [3.63, 3.8) is 0 Å². The molecule has 1 aromatic carbocycles. The molecule has 0 aliphatic carbocycles. The highest BCUT2D eigenvalue weighted by Gasteiger charge is 2.07. The van der Waals surface area contributed by atoms with Crippen LogP contribution in [0.2, 0.25) is 5.02 Å². The number of benzene rings is 1. The van der Waals surface area contributed by atoms with Crippen LogP contribution < -0.4 is 10.1 Å². The van der Waals surface area contributed by atoms with Gasteiger partial charge in [-0.2, -0.15) is 0 Å². The number of amides is 1. The molecule has 6 heteroatoms. The zero-order chi connectivity index (χ0) is 15.0. The largest absolute Gasteiger partial charge is 0.495 e. The van der Waals surface area contributed by atoms with E-state index in [4.69, 9.17) is 21.1 Å². The number of carbonyl (C=O) groups excluding carboxylic acids is 2. The van der Waals surface area contributed by atoms with Crippen molar-refractivity contribution < 1.29 is 19.1 Å². The Labute approximate surface area is 123 Å². The molecular weight excluding hydrogens is 282 g/mol. The monoisotopic (exact) mass is 299 g/mol. The number of methoxy groups -OCH3 is 1. The lowest BCUT2D eigenvalue weighted by atomic mass is 10.1. The molecule has 0 saturated carbocycles. The number of hydrogen-bond donors (Lipinski definition) is 1. The highest BCUT2D eigenvalue weighted by atomic mass is 35.5. The fourth-order valence-corrected chi connectivity index (χ4v) is 1.87. The molecular formula is C14H18ClNO4. The summed E-state index contributed by atoms with van der Waals surface area (Å²) in [6.45, 7) is 1.92. The van der Waals surface area contributed by atoms with E-state index in [1.165, 1.54) is 0 Å². The van der Waals surface area contributed by atoms with Crippen LogP contribution in [0.3, 0.4) is 0 Å². The van der Waals surface area contributed by atoms with Crippen LogP contribution in [0.15, 0.2) is 18.2 Å². The molecule has 0 aliphatic heterocycles. The highest BCUT2D eigenvalue weighted by molar-refractivity contribution is 6.32. The predicted octanol–water partition coefficient (Wildman–Crippen LogP) is 1.96. The van der Waals surface area contributed by atoms with Crippen molar-refractivity contribution >= 4 is 23.5 Å². The zero-order valence-corrected chi connectivity index (χ0v) is 12.3. The molecule has 1 rings (SSSR count). The number of carbonyl (C=O) groups is 2. The van der Waals surface area contributed by atoms with Crippen molar-refractivity contribution in [3.05, 3.63) is 28.8 Å². The van der Waals surface area contributed by atoms with Crippen LogP contribution in [0, 0.1) is 0 Å². The predicted molar refractivity (Wildman–Crippen MR) is 76.0 cm³/mol. The minimum Gasteiger partial charge on any atom is -0.495 e. The summed E-state index contributed by atoms with van der Waals surface area (Å²) in [5, 5.41) is 3.01. The van der Waals surface area contributed by atoms with Crippen LogP contribution in [0.4, 0.5) is 0 Å². The first kappa shape index (κ1) is 16.3. The van der Waals surface area contributed by atoms with Gasteiger partial charge in [0.15, 0.2) is 0 Å². The van der Waals surface area contributed by atoms with E-state index in [2.05, 4.69) is 5.32 Å². The summed E-state index contributed by atoms with van der Waals surface area (Å²) in [5.74, 6) is -0.0412. The van der Waals surface area contributed by atoms with Gasteiger partial charge in [0, 0.05) is 6.42 Å². The number of aryl methyl sites for hydroxylation is 1. The number of rotatable bonds is 7. The Morgan fingerprint density at radius 2 is 2.10 bits per heavy atom. The molecule has 0 spiro atoms. The molecule has 0 bridgehead atoms. The molecule has 0 radical (unpaired) electrons. The summed E-state index contributed by atoms with van der Waals surface area (Å²) in [7, 11) is 1.55. The van der Waals surface area contributed by atoms with Crippen molar-refractivity contribution in [1.29, 1.82) is 0 Å². The molecule has 0 unspecified atom stereocenters. The van der Waals surface area contributed by atoms with Crippen molar-refractivity contribution in [3.8, 4) is 5.75 Å². The highest BCUT2D eigenvalue weighted by Crippen LogP contribution is 2.25. The van der Waals surface area contributed by atoms with Gasteiger partial charge in [-0.1, -0.05) is 17.7 Å². The minimum absolute atomic E-state index is 0.101. The van der Waals surface area contributed by atoms with Crippen LogP contribution in [0.1, 0.15) is 18.9 Å². The molecule has 110 valence electrons. The van der Waals surface area contributed by atoms with Crippen LogP contribution in [0.25, 0.3) is 0 Å². The summed E-state index contributed by atoms with van der Waals surface area (Å²) in [6, 6.07) is 5.37. The third-order valence-corrected chi connectivity index (χ3v) is 2.89. The molecule has 20 heavy (non-hydrogen) atoms. The van der Waals surface area contributed by atoms with Gasteiger partial charge in [0.1, 0.15) is 12.3 Å². The molecule has 1 N–H and O–H groups in total. The summed E-state index contributed by atoms with van der Waals surface area (Å²) >= 11 is 6.00. The maximum Gasteiger partial charge on any atom is 0.325 e. The van der Waals surface area contributed by atoms with E-state index < -0.39 is 5.97 Å². The van der Waals surface area contributed by atoms with Gasteiger partial charge in [-0.25, -0.2) is 0 Å². The molecule has 0 atom stereocenters. The van der Waals surface area contributed by atoms with E-state index in [0.717, 1.165) is 5.56 Å². The van der Waals surface area contributed by atoms with Gasteiger partial charge in [-0.3, -0.25) is 9.59 Å². The minimum atomic E-state index is -0.437. The first-order valence-electron chi connectivity index (χ1n) is 6.31. The SMILES string of the molecule is CCOC(=O)CNC(=O)CCc1ccc(OC)c(Cl)c1. The average molecular weight is 300 g/mol. The number of hydrogen-bond acceptors (Lipinski definition) is 4. The van der Waals surface area contributed by atoms with E-state index in [1.807, 2.05) is 6.07 Å². The first-order chi connectivity index (χ1) is 9.56. The van der Waals surface area contributed by atoms with Crippen molar-refractivity contribution in [2.24, 2.45) is 0 Å². The van der Waals surface area contributed by atoms with Crippen molar-refractivity contribution in [2.45, 2.75) is 19.8 Å².